The molecule has 1 aliphatic rings. The summed E-state index contributed by atoms with van der Waals surface area (Å²) in [5, 5.41) is 0. The minimum atomic E-state index is 0.664. The number of nitrogens with two attached hydrogens (primary N) is 1. The Bertz CT molecular complexity index is 350. The molecule has 0 radical (unpaired) electrons. The summed E-state index contributed by atoms with van der Waals surface area (Å²) in [7, 11) is 0. The van der Waals surface area contributed by atoms with Crippen LogP contribution in [0.5, 0.6) is 5.75 Å². The Morgan fingerprint density at radius 3 is 2.67 bits per heavy atom. The van der Waals surface area contributed by atoms with E-state index in [1.54, 1.807) is 0 Å². The first-order valence-corrected chi connectivity index (χ1v) is 6.91. The van der Waals surface area contributed by atoms with Gasteiger partial charge < -0.3 is 15.2 Å². The van der Waals surface area contributed by atoms with Crippen LogP contribution in [0.3, 0.4) is 0 Å². The smallest absolute Gasteiger partial charge is 0.142 e. The zero-order chi connectivity index (χ0) is 12.6. The van der Waals surface area contributed by atoms with Gasteiger partial charge in [-0.3, -0.25) is 0 Å². The van der Waals surface area contributed by atoms with Gasteiger partial charge in [-0.05, 0) is 24.5 Å². The number of hydrogen-bond donors (Lipinski definition) is 1. The second-order valence-corrected chi connectivity index (χ2v) is 4.94. The predicted octanol–water partition coefficient (Wildman–Crippen LogP) is 3.24. The first-order chi connectivity index (χ1) is 8.86. The van der Waals surface area contributed by atoms with Gasteiger partial charge in [-0.2, -0.15) is 0 Å². The molecule has 0 heterocycles. The van der Waals surface area contributed by atoms with E-state index >= 15 is 0 Å². The second-order valence-electron chi connectivity index (χ2n) is 4.94. The Labute approximate surface area is 109 Å². The van der Waals surface area contributed by atoms with Crippen molar-refractivity contribution in [3.8, 4) is 5.75 Å². The highest BCUT2D eigenvalue weighted by atomic mass is 16.5. The standard InChI is InChI=1S/C15H23NO2/c16-14-7-1-2-8-15(14)18-11-4-10-17-12-9-13-5-3-6-13/h1-2,7-8,13H,3-6,9-12,16H2. The summed E-state index contributed by atoms with van der Waals surface area (Å²) in [5.74, 6) is 1.71. The van der Waals surface area contributed by atoms with Crippen molar-refractivity contribution in [2.75, 3.05) is 25.6 Å². The number of anilines is 1. The van der Waals surface area contributed by atoms with Crippen LogP contribution in [-0.2, 0) is 4.74 Å². The molecule has 0 unspecified atom stereocenters. The zero-order valence-electron chi connectivity index (χ0n) is 10.9. The van der Waals surface area contributed by atoms with Crippen molar-refractivity contribution in [1.29, 1.82) is 0 Å². The average molecular weight is 249 g/mol. The van der Waals surface area contributed by atoms with Crippen LogP contribution in [0, 0.1) is 5.92 Å². The summed E-state index contributed by atoms with van der Waals surface area (Å²) in [5.41, 5.74) is 6.48. The molecule has 1 aromatic rings. The first-order valence-electron chi connectivity index (χ1n) is 6.91. The van der Waals surface area contributed by atoms with E-state index in [0.717, 1.165) is 31.3 Å². The SMILES string of the molecule is Nc1ccccc1OCCCOCCC1CCC1. The van der Waals surface area contributed by atoms with Crippen LogP contribution in [0.4, 0.5) is 5.69 Å². The molecular weight excluding hydrogens is 226 g/mol. The van der Waals surface area contributed by atoms with E-state index < -0.39 is 0 Å². The fourth-order valence-corrected chi connectivity index (χ4v) is 2.09. The molecule has 3 heteroatoms. The highest BCUT2D eigenvalue weighted by Gasteiger charge is 2.16. The molecule has 1 fully saturated rings. The van der Waals surface area contributed by atoms with E-state index in [-0.39, 0.29) is 0 Å². The van der Waals surface area contributed by atoms with E-state index in [1.807, 2.05) is 24.3 Å². The summed E-state index contributed by atoms with van der Waals surface area (Å²) < 4.78 is 11.2. The lowest BCUT2D eigenvalue weighted by atomic mass is 9.83. The van der Waals surface area contributed by atoms with E-state index in [0.29, 0.717) is 12.3 Å². The Morgan fingerprint density at radius 2 is 1.94 bits per heavy atom. The van der Waals surface area contributed by atoms with Gasteiger partial charge in [0.2, 0.25) is 0 Å². The van der Waals surface area contributed by atoms with Crippen LogP contribution in [-0.4, -0.2) is 19.8 Å². The topological polar surface area (TPSA) is 44.5 Å². The maximum absolute atomic E-state index is 5.78. The quantitative estimate of drug-likeness (QED) is 0.568. The van der Waals surface area contributed by atoms with Crippen LogP contribution >= 0.6 is 0 Å². The number of hydrogen-bond acceptors (Lipinski definition) is 3. The molecule has 0 aromatic heterocycles. The van der Waals surface area contributed by atoms with Crippen LogP contribution in [0.1, 0.15) is 32.1 Å². The number of para-hydroxylation sites is 2. The van der Waals surface area contributed by atoms with Crippen LogP contribution in [0.2, 0.25) is 0 Å². The summed E-state index contributed by atoms with van der Waals surface area (Å²) in [6.07, 6.45) is 6.36. The highest BCUT2D eigenvalue weighted by Crippen LogP contribution is 2.29. The zero-order valence-corrected chi connectivity index (χ0v) is 10.9. The molecule has 0 bridgehead atoms. The summed E-state index contributed by atoms with van der Waals surface area (Å²) in [6, 6.07) is 7.59. The minimum Gasteiger partial charge on any atom is -0.491 e. The largest absolute Gasteiger partial charge is 0.491 e. The second kappa shape index (κ2) is 7.27. The number of rotatable bonds is 8. The summed E-state index contributed by atoms with van der Waals surface area (Å²) >= 11 is 0. The van der Waals surface area contributed by atoms with Gasteiger partial charge >= 0.3 is 0 Å². The van der Waals surface area contributed by atoms with Crippen molar-refractivity contribution in [1.82, 2.24) is 0 Å². The number of nitrogen functional groups attached to an aromatic ring is 1. The van der Waals surface area contributed by atoms with Crippen molar-refractivity contribution in [2.24, 2.45) is 5.92 Å². The Balaban J connectivity index is 1.47. The van der Waals surface area contributed by atoms with Crippen molar-refractivity contribution in [3.63, 3.8) is 0 Å². The molecule has 0 spiro atoms. The van der Waals surface area contributed by atoms with Crippen LogP contribution in [0.15, 0.2) is 24.3 Å². The minimum absolute atomic E-state index is 0.664. The van der Waals surface area contributed by atoms with Crippen LogP contribution < -0.4 is 10.5 Å². The van der Waals surface area contributed by atoms with Gasteiger partial charge in [0.15, 0.2) is 0 Å². The highest BCUT2D eigenvalue weighted by molar-refractivity contribution is 5.51. The predicted molar refractivity (Wildman–Crippen MR) is 73.7 cm³/mol. The number of benzene rings is 1. The molecule has 0 saturated heterocycles. The molecule has 1 aliphatic carbocycles. The molecule has 3 nitrogen and oxygen atoms in total. The maximum atomic E-state index is 5.78. The van der Waals surface area contributed by atoms with Gasteiger partial charge in [0.25, 0.3) is 0 Å². The van der Waals surface area contributed by atoms with Crippen molar-refractivity contribution < 1.29 is 9.47 Å². The van der Waals surface area contributed by atoms with E-state index in [4.69, 9.17) is 15.2 Å². The average Bonchev–Trinajstić information content (AvgIpc) is 2.32. The monoisotopic (exact) mass is 249 g/mol. The fraction of sp³-hybridized carbons (Fsp3) is 0.600. The summed E-state index contributed by atoms with van der Waals surface area (Å²) in [6.45, 7) is 2.34. The molecule has 1 aromatic carbocycles. The van der Waals surface area contributed by atoms with Crippen molar-refractivity contribution >= 4 is 5.69 Å². The van der Waals surface area contributed by atoms with Gasteiger partial charge in [0, 0.05) is 19.6 Å². The number of ether oxygens (including phenoxy) is 2. The lowest BCUT2D eigenvalue weighted by Crippen LogP contribution is -2.14. The Morgan fingerprint density at radius 1 is 1.11 bits per heavy atom. The summed E-state index contributed by atoms with van der Waals surface area (Å²) in [4.78, 5) is 0. The molecule has 0 atom stereocenters. The molecule has 0 amide bonds. The van der Waals surface area contributed by atoms with Gasteiger partial charge in [-0.25, -0.2) is 0 Å². The van der Waals surface area contributed by atoms with Crippen molar-refractivity contribution in [3.05, 3.63) is 24.3 Å². The first kappa shape index (κ1) is 13.2. The molecule has 1 saturated carbocycles. The third-order valence-electron chi connectivity index (χ3n) is 3.50. The van der Waals surface area contributed by atoms with Gasteiger partial charge in [-0.1, -0.05) is 31.4 Å². The Hall–Kier alpha value is -1.22. The van der Waals surface area contributed by atoms with E-state index in [1.165, 1.54) is 25.7 Å². The maximum Gasteiger partial charge on any atom is 0.142 e. The fourth-order valence-electron chi connectivity index (χ4n) is 2.09. The van der Waals surface area contributed by atoms with Gasteiger partial charge in [-0.15, -0.1) is 0 Å². The molecule has 2 N–H and O–H groups in total. The third kappa shape index (κ3) is 4.22. The molecule has 100 valence electrons. The molecule has 18 heavy (non-hydrogen) atoms. The Kier molecular flexibility index (Phi) is 5.34. The van der Waals surface area contributed by atoms with E-state index in [9.17, 15) is 0 Å². The van der Waals surface area contributed by atoms with Gasteiger partial charge in [0.05, 0.1) is 12.3 Å². The van der Waals surface area contributed by atoms with Gasteiger partial charge in [0.1, 0.15) is 5.75 Å². The normalized spacial score (nSPS) is 15.3. The van der Waals surface area contributed by atoms with E-state index in [2.05, 4.69) is 0 Å². The van der Waals surface area contributed by atoms with Crippen molar-refractivity contribution in [2.45, 2.75) is 32.1 Å². The molecule has 0 aliphatic heterocycles. The molecular formula is C15H23NO2. The lowest BCUT2D eigenvalue weighted by molar-refractivity contribution is 0.0962. The molecule has 2 rings (SSSR count). The lowest BCUT2D eigenvalue weighted by Gasteiger charge is -2.24. The third-order valence-corrected chi connectivity index (χ3v) is 3.50. The van der Waals surface area contributed by atoms with Crippen LogP contribution in [0.25, 0.3) is 0 Å².